The van der Waals surface area contributed by atoms with Crippen molar-refractivity contribution in [2.75, 3.05) is 53.4 Å². The molecule has 1 atom stereocenters. The molecule has 6 nitrogen and oxygen atoms in total. The number of rotatable bonds is 5. The lowest BCUT2D eigenvalue weighted by molar-refractivity contribution is 0.0486. The van der Waals surface area contributed by atoms with Gasteiger partial charge >= 0.3 is 0 Å². The minimum atomic E-state index is -0.563. The van der Waals surface area contributed by atoms with E-state index in [1.165, 1.54) is 4.90 Å². The number of carbonyl (C=O) groups is 1. The molecule has 24 heavy (non-hydrogen) atoms. The first-order valence-corrected chi connectivity index (χ1v) is 8.36. The first-order valence-electron chi connectivity index (χ1n) is 8.36. The van der Waals surface area contributed by atoms with Crippen LogP contribution in [0.2, 0.25) is 0 Å². The van der Waals surface area contributed by atoms with Gasteiger partial charge in [0.1, 0.15) is 5.58 Å². The van der Waals surface area contributed by atoms with Crippen LogP contribution < -0.4 is 0 Å². The van der Waals surface area contributed by atoms with E-state index in [2.05, 4.69) is 16.8 Å². The first-order chi connectivity index (χ1) is 11.5. The quantitative estimate of drug-likeness (QED) is 0.889. The van der Waals surface area contributed by atoms with E-state index in [0.717, 1.165) is 31.6 Å². The summed E-state index contributed by atoms with van der Waals surface area (Å²) in [6, 6.07) is 9.30. The normalized spacial score (nSPS) is 18.0. The smallest absolute Gasteiger partial charge is 0.289 e. The van der Waals surface area contributed by atoms with Crippen LogP contribution in [-0.4, -0.2) is 85.2 Å². The molecule has 3 rings (SSSR count). The van der Waals surface area contributed by atoms with Gasteiger partial charge in [-0.2, -0.15) is 0 Å². The SMILES string of the molecule is CN1CCN(CC(O)CN(C)C(=O)c2cc3ccccc3o2)CC1. The molecule has 0 aliphatic carbocycles. The second-order valence-corrected chi connectivity index (χ2v) is 6.59. The molecule has 6 heteroatoms. The molecular weight excluding hydrogens is 306 g/mol. The molecule has 1 unspecified atom stereocenters. The zero-order valence-corrected chi connectivity index (χ0v) is 14.3. The Morgan fingerprint density at radius 1 is 1.29 bits per heavy atom. The van der Waals surface area contributed by atoms with E-state index in [1.807, 2.05) is 24.3 Å². The van der Waals surface area contributed by atoms with Crippen molar-refractivity contribution < 1.29 is 14.3 Å². The average Bonchev–Trinajstić information content (AvgIpc) is 3.00. The maximum Gasteiger partial charge on any atom is 0.289 e. The van der Waals surface area contributed by atoms with Gasteiger partial charge in [-0.1, -0.05) is 18.2 Å². The maximum atomic E-state index is 12.5. The lowest BCUT2D eigenvalue weighted by Crippen LogP contribution is -2.48. The number of furan rings is 1. The van der Waals surface area contributed by atoms with E-state index in [-0.39, 0.29) is 5.91 Å². The monoisotopic (exact) mass is 331 g/mol. The Hall–Kier alpha value is -1.89. The van der Waals surface area contributed by atoms with Crippen LogP contribution in [0.5, 0.6) is 0 Å². The number of fused-ring (bicyclic) bond motifs is 1. The van der Waals surface area contributed by atoms with Crippen LogP contribution in [0.3, 0.4) is 0 Å². The summed E-state index contributed by atoms with van der Waals surface area (Å²) in [5, 5.41) is 11.2. The largest absolute Gasteiger partial charge is 0.451 e. The molecule has 130 valence electrons. The number of hydrogen-bond donors (Lipinski definition) is 1. The number of aliphatic hydroxyl groups excluding tert-OH is 1. The highest BCUT2D eigenvalue weighted by atomic mass is 16.3. The van der Waals surface area contributed by atoms with Gasteiger partial charge < -0.3 is 19.3 Å². The Bertz CT molecular complexity index is 659. The third kappa shape index (κ3) is 3.95. The van der Waals surface area contributed by atoms with E-state index in [0.29, 0.717) is 24.4 Å². The van der Waals surface area contributed by atoms with Gasteiger partial charge in [0.2, 0.25) is 0 Å². The fourth-order valence-corrected chi connectivity index (χ4v) is 3.06. The van der Waals surface area contributed by atoms with Crippen LogP contribution in [0.25, 0.3) is 11.0 Å². The topological polar surface area (TPSA) is 60.2 Å². The van der Waals surface area contributed by atoms with Crippen LogP contribution in [0.1, 0.15) is 10.6 Å². The number of β-amino-alcohol motifs (C(OH)–C–C–N with tert-alkyl or cyclic N) is 1. The van der Waals surface area contributed by atoms with Gasteiger partial charge in [-0.05, 0) is 19.2 Å². The summed E-state index contributed by atoms with van der Waals surface area (Å²) in [5.74, 6) is 0.106. The second-order valence-electron chi connectivity index (χ2n) is 6.59. The van der Waals surface area contributed by atoms with Crippen molar-refractivity contribution >= 4 is 16.9 Å². The van der Waals surface area contributed by atoms with Crippen molar-refractivity contribution in [3.8, 4) is 0 Å². The fraction of sp³-hybridized carbons (Fsp3) is 0.500. The first kappa shape index (κ1) is 17.0. The molecule has 1 aromatic heterocycles. The molecule has 1 aromatic carbocycles. The molecule has 2 aromatic rings. The molecule has 2 heterocycles. The number of aliphatic hydroxyl groups is 1. The van der Waals surface area contributed by atoms with Gasteiger partial charge in [0.15, 0.2) is 5.76 Å². The van der Waals surface area contributed by atoms with Gasteiger partial charge in [-0.25, -0.2) is 0 Å². The van der Waals surface area contributed by atoms with Gasteiger partial charge in [-0.15, -0.1) is 0 Å². The summed E-state index contributed by atoms with van der Waals surface area (Å²) in [6.07, 6.45) is -0.563. The van der Waals surface area contributed by atoms with Gasteiger partial charge in [0.25, 0.3) is 5.91 Å². The summed E-state index contributed by atoms with van der Waals surface area (Å²) in [4.78, 5) is 18.5. The van der Waals surface area contributed by atoms with Crippen molar-refractivity contribution in [2.24, 2.45) is 0 Å². The van der Waals surface area contributed by atoms with Crippen LogP contribution >= 0.6 is 0 Å². The fourth-order valence-electron chi connectivity index (χ4n) is 3.06. The predicted molar refractivity (Wildman–Crippen MR) is 93.1 cm³/mol. The highest BCUT2D eigenvalue weighted by Crippen LogP contribution is 2.19. The maximum absolute atomic E-state index is 12.5. The Balaban J connectivity index is 1.55. The molecule has 0 spiro atoms. The van der Waals surface area contributed by atoms with E-state index < -0.39 is 6.10 Å². The van der Waals surface area contributed by atoms with Crippen LogP contribution in [0.4, 0.5) is 0 Å². The van der Waals surface area contributed by atoms with E-state index in [4.69, 9.17) is 4.42 Å². The molecular formula is C18H25N3O3. The molecule has 1 saturated heterocycles. The van der Waals surface area contributed by atoms with Gasteiger partial charge in [-0.3, -0.25) is 9.69 Å². The summed E-state index contributed by atoms with van der Waals surface area (Å²) < 4.78 is 5.61. The van der Waals surface area contributed by atoms with Crippen molar-refractivity contribution in [1.29, 1.82) is 0 Å². The van der Waals surface area contributed by atoms with Gasteiger partial charge in [0.05, 0.1) is 6.10 Å². The molecule has 1 fully saturated rings. The molecule has 1 aliphatic rings. The predicted octanol–water partition coefficient (Wildman–Crippen LogP) is 1.11. The van der Waals surface area contributed by atoms with Crippen molar-refractivity contribution in [3.63, 3.8) is 0 Å². The Morgan fingerprint density at radius 3 is 2.71 bits per heavy atom. The molecule has 1 amide bonds. The van der Waals surface area contributed by atoms with E-state index >= 15 is 0 Å². The number of piperazine rings is 1. The standard InChI is InChI=1S/C18H25N3O3/c1-19-7-9-21(10-8-19)13-15(22)12-20(2)18(23)17-11-14-5-3-4-6-16(14)24-17/h3-6,11,15,22H,7-10,12-13H2,1-2H3. The second kappa shape index (κ2) is 7.34. The third-order valence-corrected chi connectivity index (χ3v) is 4.53. The number of carbonyl (C=O) groups excluding carboxylic acids is 1. The number of hydrogen-bond acceptors (Lipinski definition) is 5. The summed E-state index contributed by atoms with van der Waals surface area (Å²) in [7, 11) is 3.80. The van der Waals surface area contributed by atoms with Crippen molar-refractivity contribution in [3.05, 3.63) is 36.1 Å². The third-order valence-electron chi connectivity index (χ3n) is 4.53. The number of likely N-dealkylation sites (N-methyl/N-ethyl adjacent to an activating group) is 2. The van der Waals surface area contributed by atoms with Crippen molar-refractivity contribution in [1.82, 2.24) is 14.7 Å². The molecule has 0 saturated carbocycles. The minimum Gasteiger partial charge on any atom is -0.451 e. The molecule has 0 bridgehead atoms. The number of benzene rings is 1. The number of nitrogens with zero attached hydrogens (tertiary/aromatic N) is 3. The highest BCUT2D eigenvalue weighted by Gasteiger charge is 2.22. The zero-order valence-electron chi connectivity index (χ0n) is 14.3. The molecule has 1 N–H and O–H groups in total. The minimum absolute atomic E-state index is 0.205. The Morgan fingerprint density at radius 2 is 2.00 bits per heavy atom. The zero-order chi connectivity index (χ0) is 17.1. The summed E-state index contributed by atoms with van der Waals surface area (Å²) in [6.45, 7) is 4.82. The molecule has 0 radical (unpaired) electrons. The average molecular weight is 331 g/mol. The lowest BCUT2D eigenvalue weighted by Gasteiger charge is -2.34. The summed E-state index contributed by atoms with van der Waals surface area (Å²) in [5.41, 5.74) is 0.701. The highest BCUT2D eigenvalue weighted by molar-refractivity contribution is 5.95. The van der Waals surface area contributed by atoms with Crippen LogP contribution in [0, 0.1) is 0 Å². The lowest BCUT2D eigenvalue weighted by atomic mass is 10.2. The number of amides is 1. The Kier molecular flexibility index (Phi) is 5.18. The molecule has 1 aliphatic heterocycles. The van der Waals surface area contributed by atoms with Crippen LogP contribution in [-0.2, 0) is 0 Å². The van der Waals surface area contributed by atoms with Crippen molar-refractivity contribution in [2.45, 2.75) is 6.10 Å². The van der Waals surface area contributed by atoms with E-state index in [1.54, 1.807) is 13.1 Å². The summed E-state index contributed by atoms with van der Waals surface area (Å²) >= 11 is 0. The number of para-hydroxylation sites is 1. The van der Waals surface area contributed by atoms with E-state index in [9.17, 15) is 9.90 Å². The Labute approximate surface area is 142 Å². The van der Waals surface area contributed by atoms with Crippen LogP contribution in [0.15, 0.2) is 34.7 Å². The van der Waals surface area contributed by atoms with Gasteiger partial charge in [0, 0.05) is 51.7 Å².